The van der Waals surface area contributed by atoms with Gasteiger partial charge < -0.3 is 15.6 Å². The van der Waals surface area contributed by atoms with E-state index in [1.807, 2.05) is 18.2 Å². The van der Waals surface area contributed by atoms with Crippen molar-refractivity contribution in [2.75, 3.05) is 11.1 Å². The van der Waals surface area contributed by atoms with E-state index in [4.69, 9.17) is 17.3 Å². The molecule has 0 bridgehead atoms. The van der Waals surface area contributed by atoms with Gasteiger partial charge in [-0.15, -0.1) is 0 Å². The Morgan fingerprint density at radius 1 is 0.881 bits per heavy atom. The molecule has 0 aliphatic rings. The summed E-state index contributed by atoms with van der Waals surface area (Å²) in [7, 11) is 0. The Hall–Kier alpha value is -4.96. The van der Waals surface area contributed by atoms with Crippen LogP contribution < -0.4 is 16.5 Å². The predicted molar refractivity (Wildman–Crippen MR) is 155 cm³/mol. The van der Waals surface area contributed by atoms with Gasteiger partial charge in [-0.25, -0.2) is 9.37 Å². The first-order valence-corrected chi connectivity index (χ1v) is 12.8. The number of rotatable bonds is 6. The summed E-state index contributed by atoms with van der Waals surface area (Å²) in [5.74, 6) is -1.21. The molecule has 11 heteroatoms. The molecule has 5 rings (SSSR count). The molecule has 0 saturated heterocycles. The molecule has 3 N–H and O–H groups in total. The van der Waals surface area contributed by atoms with Crippen molar-refractivity contribution in [3.8, 4) is 33.4 Å². The van der Waals surface area contributed by atoms with Crippen molar-refractivity contribution in [1.29, 1.82) is 0 Å². The van der Waals surface area contributed by atoms with Crippen LogP contribution >= 0.6 is 11.6 Å². The molecule has 6 nitrogen and oxygen atoms in total. The van der Waals surface area contributed by atoms with Crippen molar-refractivity contribution in [3.05, 3.63) is 124 Å². The van der Waals surface area contributed by atoms with E-state index in [0.29, 0.717) is 20.7 Å². The summed E-state index contributed by atoms with van der Waals surface area (Å²) >= 11 is 6.11. The van der Waals surface area contributed by atoms with Gasteiger partial charge in [0.1, 0.15) is 23.7 Å². The fourth-order valence-corrected chi connectivity index (χ4v) is 4.58. The molecule has 0 aliphatic heterocycles. The van der Waals surface area contributed by atoms with Crippen LogP contribution in [0.25, 0.3) is 33.4 Å². The van der Waals surface area contributed by atoms with Gasteiger partial charge in [0.25, 0.3) is 5.91 Å². The summed E-state index contributed by atoms with van der Waals surface area (Å²) in [6.07, 6.45) is -1.14. The Morgan fingerprint density at radius 3 is 2.21 bits per heavy atom. The first-order chi connectivity index (χ1) is 20.0. The molecule has 5 aromatic rings. The Balaban J connectivity index is 1.44. The number of hydrogen-bond acceptors (Lipinski definition) is 4. The number of aromatic nitrogens is 2. The molecule has 2 heterocycles. The van der Waals surface area contributed by atoms with Gasteiger partial charge in [0.2, 0.25) is 5.43 Å². The molecule has 0 fully saturated rings. The van der Waals surface area contributed by atoms with E-state index >= 15 is 0 Å². The zero-order chi connectivity index (χ0) is 30.0. The van der Waals surface area contributed by atoms with E-state index in [1.165, 1.54) is 12.1 Å². The second-order valence-electron chi connectivity index (χ2n) is 9.41. The topological polar surface area (TPSA) is 90.0 Å². The summed E-state index contributed by atoms with van der Waals surface area (Å²) in [5, 5.41) is 3.13. The highest BCUT2D eigenvalue weighted by Gasteiger charge is 2.29. The zero-order valence-electron chi connectivity index (χ0n) is 21.6. The summed E-state index contributed by atoms with van der Waals surface area (Å²) in [4.78, 5) is 30.6. The fraction of sp³-hybridized carbons (Fsp3) is 0.0645. The van der Waals surface area contributed by atoms with Gasteiger partial charge in [0, 0.05) is 46.0 Å². The maximum absolute atomic E-state index is 13.4. The third kappa shape index (κ3) is 6.50. The van der Waals surface area contributed by atoms with E-state index in [1.54, 1.807) is 42.6 Å². The van der Waals surface area contributed by atoms with Gasteiger partial charge in [-0.1, -0.05) is 48.0 Å². The monoisotopic (exact) mass is 592 g/mol. The van der Waals surface area contributed by atoms with Crippen LogP contribution in [0.1, 0.15) is 10.4 Å². The lowest BCUT2D eigenvalue weighted by Gasteiger charge is -2.14. The molecule has 0 aliphatic carbocycles. The molecule has 0 radical (unpaired) electrons. The van der Waals surface area contributed by atoms with Crippen LogP contribution in [-0.4, -0.2) is 21.6 Å². The van der Waals surface area contributed by atoms with Crippen LogP contribution in [0.15, 0.2) is 102 Å². The lowest BCUT2D eigenvalue weighted by molar-refractivity contribution is -0.140. The maximum Gasteiger partial charge on any atom is 0.406 e. The highest BCUT2D eigenvalue weighted by molar-refractivity contribution is 6.30. The lowest BCUT2D eigenvalue weighted by atomic mass is 10.0. The highest BCUT2D eigenvalue weighted by Crippen LogP contribution is 2.31. The van der Waals surface area contributed by atoms with E-state index in [-0.39, 0.29) is 22.6 Å². The molecule has 42 heavy (non-hydrogen) atoms. The summed E-state index contributed by atoms with van der Waals surface area (Å²) in [6, 6.07) is 20.3. The maximum atomic E-state index is 13.4. The van der Waals surface area contributed by atoms with Crippen molar-refractivity contribution in [1.82, 2.24) is 9.55 Å². The Morgan fingerprint density at radius 2 is 1.55 bits per heavy atom. The van der Waals surface area contributed by atoms with Crippen LogP contribution in [0.2, 0.25) is 5.02 Å². The minimum Gasteiger partial charge on any atom is -0.383 e. The van der Waals surface area contributed by atoms with Crippen LogP contribution in [0.3, 0.4) is 0 Å². The first-order valence-electron chi connectivity index (χ1n) is 12.5. The SMILES string of the molecule is Nc1ncc(-c2cccc(Cl)c2)cc1-c1ccc(NC(=O)c2cn(CC(F)(F)F)cc(-c3ccc(F)cc3)c2=O)cc1. The minimum absolute atomic E-state index is 0.169. The van der Waals surface area contributed by atoms with E-state index in [2.05, 4.69) is 10.3 Å². The van der Waals surface area contributed by atoms with Gasteiger partial charge >= 0.3 is 6.18 Å². The van der Waals surface area contributed by atoms with Gasteiger partial charge in [-0.05, 0) is 59.2 Å². The van der Waals surface area contributed by atoms with Crippen molar-refractivity contribution >= 4 is 29.0 Å². The lowest BCUT2D eigenvalue weighted by Crippen LogP contribution is -2.27. The Kier molecular flexibility index (Phi) is 7.82. The highest BCUT2D eigenvalue weighted by atomic mass is 35.5. The zero-order valence-corrected chi connectivity index (χ0v) is 22.4. The number of alkyl halides is 3. The number of benzene rings is 3. The molecule has 1 amide bonds. The average molecular weight is 593 g/mol. The first kappa shape index (κ1) is 28.6. The third-order valence-electron chi connectivity index (χ3n) is 6.37. The molecule has 0 atom stereocenters. The van der Waals surface area contributed by atoms with Crippen molar-refractivity contribution in [3.63, 3.8) is 0 Å². The standard InChI is InChI=1S/C31H21ClF4N4O2/c32-22-3-1-2-20(12-22)21-13-25(29(37)38-14-21)18-6-10-24(11-7-18)39-30(42)27-16-40(17-31(34,35)36)15-26(28(27)41)19-4-8-23(33)9-5-19/h1-16H,17H2,(H2,37,38)(H,39,42). The number of anilines is 2. The molecule has 3 aromatic carbocycles. The van der Waals surface area contributed by atoms with Crippen LogP contribution in [0.4, 0.5) is 29.1 Å². The number of halogens is 5. The number of hydrogen-bond donors (Lipinski definition) is 2. The van der Waals surface area contributed by atoms with Gasteiger partial charge in [0.15, 0.2) is 0 Å². The van der Waals surface area contributed by atoms with Gasteiger partial charge in [0.05, 0.1) is 0 Å². The van der Waals surface area contributed by atoms with Crippen LogP contribution in [-0.2, 0) is 6.54 Å². The number of nitrogen functional groups attached to an aromatic ring is 1. The van der Waals surface area contributed by atoms with E-state index in [9.17, 15) is 27.2 Å². The molecule has 0 saturated carbocycles. The second kappa shape index (κ2) is 11.5. The normalized spacial score (nSPS) is 11.4. The van der Waals surface area contributed by atoms with Crippen LogP contribution in [0, 0.1) is 5.82 Å². The largest absolute Gasteiger partial charge is 0.406 e. The molecule has 2 aromatic heterocycles. The number of nitrogens with one attached hydrogen (secondary N) is 1. The summed E-state index contributed by atoms with van der Waals surface area (Å²) < 4.78 is 53.7. The Labute approximate surface area is 242 Å². The average Bonchev–Trinajstić information content (AvgIpc) is 2.94. The van der Waals surface area contributed by atoms with Crippen molar-refractivity contribution < 1.29 is 22.4 Å². The van der Waals surface area contributed by atoms with E-state index in [0.717, 1.165) is 35.7 Å². The molecular weight excluding hydrogens is 572 g/mol. The van der Waals surface area contributed by atoms with Crippen molar-refractivity contribution in [2.45, 2.75) is 12.7 Å². The molecule has 0 spiro atoms. The molecule has 0 unspecified atom stereocenters. The summed E-state index contributed by atoms with van der Waals surface area (Å²) in [5.41, 5.74) is 8.05. The predicted octanol–water partition coefficient (Wildman–Crippen LogP) is 7.43. The third-order valence-corrected chi connectivity index (χ3v) is 6.61. The fourth-order valence-electron chi connectivity index (χ4n) is 4.39. The number of amides is 1. The quantitative estimate of drug-likeness (QED) is 0.201. The Bertz CT molecular complexity index is 1840. The second-order valence-corrected chi connectivity index (χ2v) is 9.84. The summed E-state index contributed by atoms with van der Waals surface area (Å²) in [6.45, 7) is -1.43. The van der Waals surface area contributed by atoms with Gasteiger partial charge in [-0.3, -0.25) is 9.59 Å². The van der Waals surface area contributed by atoms with Gasteiger partial charge in [-0.2, -0.15) is 13.2 Å². The molecular formula is C31H21ClF4N4O2. The number of nitrogens with zero attached hydrogens (tertiary/aromatic N) is 2. The van der Waals surface area contributed by atoms with E-state index < -0.39 is 35.4 Å². The number of nitrogens with two attached hydrogens (primary N) is 1. The van der Waals surface area contributed by atoms with Crippen molar-refractivity contribution in [2.24, 2.45) is 0 Å². The minimum atomic E-state index is -4.61. The number of pyridine rings is 2. The van der Waals surface area contributed by atoms with Crippen LogP contribution in [0.5, 0.6) is 0 Å². The number of carbonyl (C=O) groups is 1. The molecule has 212 valence electrons. The number of carbonyl (C=O) groups excluding carboxylic acids is 1. The smallest absolute Gasteiger partial charge is 0.383 e.